The number of ether oxygens (including phenoxy) is 12. The van der Waals surface area contributed by atoms with Crippen molar-refractivity contribution in [1.82, 2.24) is 10.6 Å². The van der Waals surface area contributed by atoms with E-state index in [1.54, 1.807) is 0 Å². The van der Waals surface area contributed by atoms with Gasteiger partial charge in [0, 0.05) is 25.8 Å². The van der Waals surface area contributed by atoms with Crippen LogP contribution < -0.4 is 10.6 Å². The number of carbonyl (C=O) groups excluding carboxylic acids is 2. The normalized spacial score (nSPS) is 11.2. The lowest BCUT2D eigenvalue weighted by atomic mass is 10.2. The number of nitrogens with one attached hydrogen (secondary N) is 2. The van der Waals surface area contributed by atoms with E-state index >= 15 is 0 Å². The topological polar surface area (TPSA) is 244 Å². The number of carboxylic acid groups (broad SMARTS) is 2. The SMILES string of the molecule is O=C(O)CCCC(=O)NCCOCCOCCOCCOCCOCCOCCOCCOCCOCCOCCOCCOCCC(=O)NCC(=O)O. The van der Waals surface area contributed by atoms with Gasteiger partial charge in [-0.15, -0.1) is 0 Å². The Hall–Kier alpha value is -2.60. The number of aliphatic carboxylic acids is 2. The Morgan fingerprint density at radius 3 is 0.889 bits per heavy atom. The van der Waals surface area contributed by atoms with E-state index in [9.17, 15) is 19.2 Å². The zero-order chi connectivity index (χ0) is 39.4. The molecule has 2 amide bonds. The van der Waals surface area contributed by atoms with Crippen LogP contribution in [0.5, 0.6) is 0 Å². The van der Waals surface area contributed by atoms with E-state index in [0.29, 0.717) is 165 Å². The molecule has 0 bridgehead atoms. The van der Waals surface area contributed by atoms with Crippen LogP contribution in [0.25, 0.3) is 0 Å². The minimum atomic E-state index is -1.09. The first-order valence-corrected chi connectivity index (χ1v) is 18.3. The number of hydrogen-bond donors (Lipinski definition) is 4. The quantitative estimate of drug-likeness (QED) is 0.0549. The van der Waals surface area contributed by atoms with E-state index in [4.69, 9.17) is 67.1 Å². The summed E-state index contributed by atoms with van der Waals surface area (Å²) >= 11 is 0. The molecule has 0 heterocycles. The molecule has 0 atom stereocenters. The van der Waals surface area contributed by atoms with Gasteiger partial charge in [-0.05, 0) is 6.42 Å². The van der Waals surface area contributed by atoms with Crippen LogP contribution in [-0.2, 0) is 76.0 Å². The zero-order valence-corrected chi connectivity index (χ0v) is 31.6. The summed E-state index contributed by atoms with van der Waals surface area (Å²) in [7, 11) is 0. The van der Waals surface area contributed by atoms with Crippen molar-refractivity contribution >= 4 is 23.8 Å². The van der Waals surface area contributed by atoms with Gasteiger partial charge in [-0.3, -0.25) is 19.2 Å². The van der Waals surface area contributed by atoms with Crippen molar-refractivity contribution in [2.45, 2.75) is 25.7 Å². The van der Waals surface area contributed by atoms with Gasteiger partial charge < -0.3 is 77.7 Å². The number of carboxylic acids is 2. The van der Waals surface area contributed by atoms with Crippen LogP contribution in [0, 0.1) is 0 Å². The Bertz CT molecular complexity index is 873. The van der Waals surface area contributed by atoms with E-state index in [2.05, 4.69) is 10.6 Å². The van der Waals surface area contributed by atoms with Crippen molar-refractivity contribution in [3.63, 3.8) is 0 Å². The average molecular weight is 789 g/mol. The van der Waals surface area contributed by atoms with Crippen molar-refractivity contribution in [1.29, 1.82) is 0 Å². The molecule has 0 aromatic heterocycles. The fraction of sp³-hybridized carbons (Fsp3) is 0.882. The number of hydrogen-bond acceptors (Lipinski definition) is 16. The summed E-state index contributed by atoms with van der Waals surface area (Å²) in [6, 6.07) is 0. The summed E-state index contributed by atoms with van der Waals surface area (Å²) in [6.45, 7) is 10.2. The molecule has 0 rings (SSSR count). The van der Waals surface area contributed by atoms with Gasteiger partial charge in [-0.25, -0.2) is 0 Å². The van der Waals surface area contributed by atoms with Gasteiger partial charge in [0.2, 0.25) is 11.8 Å². The van der Waals surface area contributed by atoms with E-state index < -0.39 is 18.5 Å². The molecular weight excluding hydrogens is 724 g/mol. The second kappa shape index (κ2) is 43.1. The van der Waals surface area contributed by atoms with Crippen LogP contribution in [0.2, 0.25) is 0 Å². The van der Waals surface area contributed by atoms with Gasteiger partial charge in [0.15, 0.2) is 0 Å². The van der Waals surface area contributed by atoms with Crippen LogP contribution in [0.1, 0.15) is 25.7 Å². The number of amides is 2. The molecule has 0 fully saturated rings. The largest absolute Gasteiger partial charge is 0.481 e. The lowest BCUT2D eigenvalue weighted by Gasteiger charge is -2.09. The number of carbonyl (C=O) groups is 4. The zero-order valence-electron chi connectivity index (χ0n) is 31.6. The standard InChI is InChI=1S/C34H64N2O18/c37-31(2-1-3-33(39)40)35-5-7-44-9-11-46-13-15-48-17-19-50-21-23-52-25-27-54-29-28-53-26-24-51-22-20-49-18-16-47-14-12-45-10-8-43-6-4-32(38)36-30-34(41)42/h1-30H2,(H,35,37)(H,36,38)(H,39,40)(H,41,42). The van der Waals surface area contributed by atoms with Gasteiger partial charge in [-0.2, -0.15) is 0 Å². The summed E-state index contributed by atoms with van der Waals surface area (Å²) in [5, 5.41) is 21.9. The molecule has 0 saturated carbocycles. The molecular formula is C34H64N2O18. The highest BCUT2D eigenvalue weighted by molar-refractivity contribution is 5.81. The third-order valence-corrected chi connectivity index (χ3v) is 6.37. The minimum Gasteiger partial charge on any atom is -0.481 e. The van der Waals surface area contributed by atoms with Crippen LogP contribution in [0.3, 0.4) is 0 Å². The van der Waals surface area contributed by atoms with E-state index in [0.717, 1.165) is 0 Å². The summed E-state index contributed by atoms with van der Waals surface area (Å²) in [5.74, 6) is -2.56. The molecule has 0 aliphatic rings. The Morgan fingerprint density at radius 2 is 0.593 bits per heavy atom. The smallest absolute Gasteiger partial charge is 0.322 e. The number of rotatable bonds is 45. The Morgan fingerprint density at radius 1 is 0.315 bits per heavy atom. The first-order chi connectivity index (χ1) is 26.4. The summed E-state index contributed by atoms with van der Waals surface area (Å²) in [5.41, 5.74) is 0. The molecule has 4 N–H and O–H groups in total. The van der Waals surface area contributed by atoms with Crippen LogP contribution in [0.4, 0.5) is 0 Å². The average Bonchev–Trinajstić information content (AvgIpc) is 3.14. The van der Waals surface area contributed by atoms with E-state index in [-0.39, 0.29) is 37.7 Å². The highest BCUT2D eigenvalue weighted by atomic mass is 16.6. The highest BCUT2D eigenvalue weighted by Crippen LogP contribution is 1.95. The molecule has 0 aromatic carbocycles. The Balaban J connectivity index is 3.12. The lowest BCUT2D eigenvalue weighted by Crippen LogP contribution is -2.30. The van der Waals surface area contributed by atoms with Gasteiger partial charge in [0.05, 0.1) is 159 Å². The predicted octanol–water partition coefficient (Wildman–Crippen LogP) is -0.852. The molecule has 0 spiro atoms. The summed E-state index contributed by atoms with van der Waals surface area (Å²) in [4.78, 5) is 43.6. The van der Waals surface area contributed by atoms with E-state index in [1.165, 1.54) is 0 Å². The lowest BCUT2D eigenvalue weighted by molar-refractivity contribution is -0.138. The second-order valence-electron chi connectivity index (χ2n) is 10.9. The molecule has 0 saturated heterocycles. The fourth-order valence-corrected chi connectivity index (χ4v) is 3.70. The first kappa shape index (κ1) is 51.4. The molecule has 0 aromatic rings. The van der Waals surface area contributed by atoms with Crippen molar-refractivity contribution in [2.75, 3.05) is 172 Å². The molecule has 20 heteroatoms. The Kier molecular flexibility index (Phi) is 41.1. The van der Waals surface area contributed by atoms with Crippen molar-refractivity contribution in [3.8, 4) is 0 Å². The third kappa shape index (κ3) is 45.6. The molecule has 0 aliphatic heterocycles. The van der Waals surface area contributed by atoms with Gasteiger partial charge >= 0.3 is 11.9 Å². The van der Waals surface area contributed by atoms with Crippen LogP contribution in [-0.4, -0.2) is 206 Å². The Labute approximate surface area is 317 Å². The molecule has 0 radical (unpaired) electrons. The monoisotopic (exact) mass is 788 g/mol. The maximum atomic E-state index is 11.5. The second-order valence-corrected chi connectivity index (χ2v) is 10.9. The first-order valence-electron chi connectivity index (χ1n) is 18.3. The predicted molar refractivity (Wildman–Crippen MR) is 190 cm³/mol. The van der Waals surface area contributed by atoms with Crippen LogP contribution >= 0.6 is 0 Å². The van der Waals surface area contributed by atoms with Crippen molar-refractivity contribution in [3.05, 3.63) is 0 Å². The molecule has 0 unspecified atom stereocenters. The minimum absolute atomic E-state index is 0.0161. The molecule has 54 heavy (non-hydrogen) atoms. The van der Waals surface area contributed by atoms with Crippen LogP contribution in [0.15, 0.2) is 0 Å². The van der Waals surface area contributed by atoms with Gasteiger partial charge in [0.25, 0.3) is 0 Å². The van der Waals surface area contributed by atoms with Gasteiger partial charge in [0.1, 0.15) is 6.54 Å². The summed E-state index contributed by atoms with van der Waals surface area (Å²) < 4.78 is 65.0. The molecule has 318 valence electrons. The maximum Gasteiger partial charge on any atom is 0.322 e. The molecule has 0 aliphatic carbocycles. The highest BCUT2D eigenvalue weighted by Gasteiger charge is 2.04. The molecule has 20 nitrogen and oxygen atoms in total. The fourth-order valence-electron chi connectivity index (χ4n) is 3.70. The van der Waals surface area contributed by atoms with Crippen molar-refractivity contribution in [2.24, 2.45) is 0 Å². The maximum absolute atomic E-state index is 11.5. The van der Waals surface area contributed by atoms with Gasteiger partial charge in [-0.1, -0.05) is 0 Å². The van der Waals surface area contributed by atoms with Crippen molar-refractivity contribution < 1.29 is 86.2 Å². The third-order valence-electron chi connectivity index (χ3n) is 6.37. The summed E-state index contributed by atoms with van der Waals surface area (Å²) in [6.07, 6.45) is 0.590. The van der Waals surface area contributed by atoms with E-state index in [1.807, 2.05) is 0 Å².